The second-order valence-corrected chi connectivity index (χ2v) is 4.15. The van der Waals surface area contributed by atoms with Gasteiger partial charge in [0.05, 0.1) is 5.92 Å². The van der Waals surface area contributed by atoms with Crippen molar-refractivity contribution in [3.05, 3.63) is 29.3 Å². The van der Waals surface area contributed by atoms with Gasteiger partial charge in [-0.15, -0.1) is 0 Å². The lowest BCUT2D eigenvalue weighted by atomic mass is 9.96. The number of benzene rings is 1. The lowest BCUT2D eigenvalue weighted by Gasteiger charge is -2.13. The molecule has 94 valence electrons. The summed E-state index contributed by atoms with van der Waals surface area (Å²) in [6.45, 7) is 1.92. The molecule has 5 heteroatoms. The van der Waals surface area contributed by atoms with Crippen molar-refractivity contribution in [2.24, 2.45) is 11.5 Å². The van der Waals surface area contributed by atoms with Gasteiger partial charge in [0.2, 0.25) is 0 Å². The molecule has 2 atom stereocenters. The summed E-state index contributed by atoms with van der Waals surface area (Å²) >= 11 is 0. The number of phenols is 1. The molecule has 2 unspecified atom stereocenters. The number of hydrogen-bond acceptors (Lipinski definition) is 4. The van der Waals surface area contributed by atoms with E-state index >= 15 is 0 Å². The lowest BCUT2D eigenvalue weighted by molar-refractivity contribution is -0.138. The Kier molecular flexibility index (Phi) is 4.48. The van der Waals surface area contributed by atoms with E-state index in [0.29, 0.717) is 24.1 Å². The van der Waals surface area contributed by atoms with Crippen LogP contribution in [-0.4, -0.2) is 28.8 Å². The van der Waals surface area contributed by atoms with Gasteiger partial charge in [0, 0.05) is 12.6 Å². The molecule has 0 saturated heterocycles. The average Bonchev–Trinajstić information content (AvgIpc) is 2.30. The maximum Gasteiger partial charge on any atom is 0.310 e. The Morgan fingerprint density at radius 1 is 1.47 bits per heavy atom. The first-order valence-electron chi connectivity index (χ1n) is 5.46. The van der Waals surface area contributed by atoms with Gasteiger partial charge in [-0.1, -0.05) is 12.1 Å². The third-order valence-corrected chi connectivity index (χ3v) is 2.76. The van der Waals surface area contributed by atoms with Crippen LogP contribution in [0.3, 0.4) is 0 Å². The number of carboxylic acids is 1. The molecule has 6 N–H and O–H groups in total. The van der Waals surface area contributed by atoms with Gasteiger partial charge in [0.15, 0.2) is 0 Å². The minimum Gasteiger partial charge on any atom is -0.508 e. The smallest absolute Gasteiger partial charge is 0.310 e. The molecule has 0 heterocycles. The second-order valence-electron chi connectivity index (χ2n) is 4.15. The fourth-order valence-electron chi connectivity index (χ4n) is 1.55. The molecule has 0 saturated carbocycles. The quantitative estimate of drug-likeness (QED) is 0.594. The first-order valence-corrected chi connectivity index (χ1v) is 5.46. The number of rotatable bonds is 5. The van der Waals surface area contributed by atoms with Crippen LogP contribution in [0.4, 0.5) is 0 Å². The minimum absolute atomic E-state index is 0.121. The van der Waals surface area contributed by atoms with E-state index in [1.54, 1.807) is 19.1 Å². The molecule has 0 fully saturated rings. The van der Waals surface area contributed by atoms with Gasteiger partial charge in [0.25, 0.3) is 0 Å². The van der Waals surface area contributed by atoms with Crippen molar-refractivity contribution >= 4 is 5.97 Å². The molecule has 1 rings (SSSR count). The molecule has 0 aliphatic heterocycles. The van der Waals surface area contributed by atoms with Crippen molar-refractivity contribution in [2.45, 2.75) is 25.3 Å². The molecule has 0 radical (unpaired) electrons. The molecule has 0 spiro atoms. The van der Waals surface area contributed by atoms with E-state index in [0.717, 1.165) is 0 Å². The lowest BCUT2D eigenvalue weighted by Crippen LogP contribution is -2.31. The largest absolute Gasteiger partial charge is 0.508 e. The number of phenolic OH excluding ortho intramolecular Hbond substituents is 1. The van der Waals surface area contributed by atoms with Crippen molar-refractivity contribution in [3.8, 4) is 5.75 Å². The zero-order chi connectivity index (χ0) is 13.0. The van der Waals surface area contributed by atoms with Gasteiger partial charge in [-0.25, -0.2) is 0 Å². The first kappa shape index (κ1) is 13.5. The molecule has 1 aromatic rings. The molecule has 0 aliphatic carbocycles. The van der Waals surface area contributed by atoms with Gasteiger partial charge in [0.1, 0.15) is 5.75 Å². The third-order valence-electron chi connectivity index (χ3n) is 2.76. The summed E-state index contributed by atoms with van der Waals surface area (Å²) in [5, 5.41) is 18.6. The summed E-state index contributed by atoms with van der Waals surface area (Å²) in [7, 11) is 0. The van der Waals surface area contributed by atoms with Crippen LogP contribution in [0, 0.1) is 0 Å². The van der Waals surface area contributed by atoms with E-state index in [2.05, 4.69) is 0 Å². The van der Waals surface area contributed by atoms with Crippen LogP contribution < -0.4 is 11.5 Å². The molecule has 1 aromatic carbocycles. The summed E-state index contributed by atoms with van der Waals surface area (Å²) in [5.41, 5.74) is 12.4. The maximum absolute atomic E-state index is 10.9. The van der Waals surface area contributed by atoms with Crippen LogP contribution >= 0.6 is 0 Å². The number of aromatic hydroxyl groups is 1. The van der Waals surface area contributed by atoms with Crippen LogP contribution in [0.25, 0.3) is 0 Å². The molecule has 17 heavy (non-hydrogen) atoms. The molecular weight excluding hydrogens is 220 g/mol. The van der Waals surface area contributed by atoms with Crippen LogP contribution in [0.1, 0.15) is 24.0 Å². The van der Waals surface area contributed by atoms with E-state index in [1.165, 1.54) is 6.07 Å². The Morgan fingerprint density at radius 3 is 2.65 bits per heavy atom. The summed E-state index contributed by atoms with van der Waals surface area (Å²) in [6.07, 6.45) is 0.433. The summed E-state index contributed by atoms with van der Waals surface area (Å²) in [4.78, 5) is 10.9. The zero-order valence-electron chi connectivity index (χ0n) is 9.76. The summed E-state index contributed by atoms with van der Waals surface area (Å²) in [6, 6.07) is 4.53. The van der Waals surface area contributed by atoms with E-state index in [-0.39, 0.29) is 11.8 Å². The highest BCUT2D eigenvalue weighted by Crippen LogP contribution is 2.24. The number of carbonyl (C=O) groups is 1. The Bertz CT molecular complexity index is 407. The van der Waals surface area contributed by atoms with Crippen molar-refractivity contribution in [3.63, 3.8) is 0 Å². The molecule has 0 aliphatic rings. The highest BCUT2D eigenvalue weighted by Gasteiger charge is 2.16. The summed E-state index contributed by atoms with van der Waals surface area (Å²) < 4.78 is 0. The van der Waals surface area contributed by atoms with Crippen LogP contribution in [0.2, 0.25) is 0 Å². The fraction of sp³-hybridized carbons (Fsp3) is 0.417. The molecule has 5 nitrogen and oxygen atoms in total. The Hall–Kier alpha value is -1.59. The van der Waals surface area contributed by atoms with Gasteiger partial charge in [-0.3, -0.25) is 4.79 Å². The highest BCUT2D eigenvalue weighted by atomic mass is 16.4. The monoisotopic (exact) mass is 238 g/mol. The van der Waals surface area contributed by atoms with E-state index in [4.69, 9.17) is 16.6 Å². The number of nitrogens with two attached hydrogens (primary N) is 2. The summed E-state index contributed by atoms with van der Waals surface area (Å²) in [5.74, 6) is -1.39. The third kappa shape index (κ3) is 3.44. The van der Waals surface area contributed by atoms with Gasteiger partial charge >= 0.3 is 5.97 Å². The predicted octanol–water partition coefficient (Wildman–Crippen LogP) is 0.409. The van der Waals surface area contributed by atoms with Crippen LogP contribution in [-0.2, 0) is 11.2 Å². The fourth-order valence-corrected chi connectivity index (χ4v) is 1.55. The second kappa shape index (κ2) is 5.65. The molecular formula is C12H18N2O3. The van der Waals surface area contributed by atoms with Crippen molar-refractivity contribution in [1.82, 2.24) is 0 Å². The molecule has 0 amide bonds. The van der Waals surface area contributed by atoms with Crippen molar-refractivity contribution in [1.29, 1.82) is 0 Å². The Labute approximate surface area is 100 Å². The SMILES string of the molecule is CC(C(=O)O)c1ccc(O)c(CC(N)CN)c1. The van der Waals surface area contributed by atoms with Crippen molar-refractivity contribution in [2.75, 3.05) is 6.54 Å². The Morgan fingerprint density at radius 2 is 2.12 bits per heavy atom. The predicted molar refractivity (Wildman–Crippen MR) is 64.9 cm³/mol. The maximum atomic E-state index is 10.9. The molecule has 0 aromatic heterocycles. The first-order chi connectivity index (χ1) is 7.95. The minimum atomic E-state index is -0.898. The van der Waals surface area contributed by atoms with Gasteiger partial charge in [-0.2, -0.15) is 0 Å². The standard InChI is InChI=1S/C12H18N2O3/c1-7(12(16)17)8-2-3-11(15)9(4-8)5-10(14)6-13/h2-4,7,10,15H,5-6,13-14H2,1H3,(H,16,17). The number of hydrogen-bond donors (Lipinski definition) is 4. The van der Waals surface area contributed by atoms with E-state index in [9.17, 15) is 9.90 Å². The van der Waals surface area contributed by atoms with Gasteiger partial charge in [-0.05, 0) is 30.5 Å². The van der Waals surface area contributed by atoms with E-state index in [1.807, 2.05) is 0 Å². The number of carboxylic acid groups (broad SMARTS) is 1. The number of aliphatic carboxylic acids is 1. The zero-order valence-corrected chi connectivity index (χ0v) is 9.76. The van der Waals surface area contributed by atoms with Crippen molar-refractivity contribution < 1.29 is 15.0 Å². The van der Waals surface area contributed by atoms with E-state index < -0.39 is 11.9 Å². The normalized spacial score (nSPS) is 14.3. The topological polar surface area (TPSA) is 110 Å². The average molecular weight is 238 g/mol. The Balaban J connectivity index is 2.97. The highest BCUT2D eigenvalue weighted by molar-refractivity contribution is 5.75. The van der Waals surface area contributed by atoms with Gasteiger partial charge < -0.3 is 21.7 Å². The van der Waals surface area contributed by atoms with Crippen LogP contribution in [0.15, 0.2) is 18.2 Å². The molecule has 0 bridgehead atoms. The van der Waals surface area contributed by atoms with Crippen LogP contribution in [0.5, 0.6) is 5.75 Å².